The van der Waals surface area contributed by atoms with Gasteiger partial charge in [-0.2, -0.15) is 0 Å². The highest BCUT2D eigenvalue weighted by Crippen LogP contribution is 2.14. The van der Waals surface area contributed by atoms with Gasteiger partial charge in [-0.05, 0) is 51.5 Å². The third-order valence-electron chi connectivity index (χ3n) is 3.22. The molecule has 0 spiro atoms. The van der Waals surface area contributed by atoms with Gasteiger partial charge in [-0.25, -0.2) is 4.79 Å². The molecule has 7 heteroatoms. The Labute approximate surface area is 147 Å². The van der Waals surface area contributed by atoms with Crippen LogP contribution in [-0.4, -0.2) is 53.7 Å². The molecular formula is C18H25NO6. The first kappa shape index (κ1) is 20.5. The molecule has 0 fully saturated rings. The minimum absolute atomic E-state index is 0.0814. The van der Waals surface area contributed by atoms with E-state index in [1.165, 1.54) is 0 Å². The number of ketones is 1. The predicted octanol–water partition coefficient (Wildman–Crippen LogP) is 2.98. The SMILES string of the molecule is COc1ccc(C(=O)CCCN(CC(=O)O)C(=O)OC(C)(C)C)cc1. The van der Waals surface area contributed by atoms with Gasteiger partial charge >= 0.3 is 12.1 Å². The molecule has 7 nitrogen and oxygen atoms in total. The molecule has 25 heavy (non-hydrogen) atoms. The number of rotatable bonds is 8. The number of carboxylic acid groups (broad SMARTS) is 1. The van der Waals surface area contributed by atoms with Crippen LogP contribution in [0, 0.1) is 0 Å². The molecule has 0 aliphatic heterocycles. The van der Waals surface area contributed by atoms with Crippen LogP contribution in [0.4, 0.5) is 4.79 Å². The number of nitrogens with zero attached hydrogens (tertiary/aromatic N) is 1. The van der Waals surface area contributed by atoms with Crippen LogP contribution in [0.2, 0.25) is 0 Å². The van der Waals surface area contributed by atoms with Crippen molar-refractivity contribution in [2.24, 2.45) is 0 Å². The van der Waals surface area contributed by atoms with Crippen molar-refractivity contribution in [3.8, 4) is 5.75 Å². The van der Waals surface area contributed by atoms with Crippen LogP contribution < -0.4 is 4.74 Å². The van der Waals surface area contributed by atoms with E-state index >= 15 is 0 Å². The van der Waals surface area contributed by atoms with E-state index in [0.717, 1.165) is 4.90 Å². The zero-order valence-corrected chi connectivity index (χ0v) is 15.1. The number of methoxy groups -OCH3 is 1. The number of hydrogen-bond donors (Lipinski definition) is 1. The van der Waals surface area contributed by atoms with Crippen molar-refractivity contribution in [3.05, 3.63) is 29.8 Å². The number of carbonyl (C=O) groups is 3. The van der Waals surface area contributed by atoms with E-state index in [4.69, 9.17) is 14.6 Å². The molecule has 0 unspecified atom stereocenters. The van der Waals surface area contributed by atoms with Crippen LogP contribution in [0.1, 0.15) is 44.0 Å². The number of aliphatic carboxylic acids is 1. The molecular weight excluding hydrogens is 326 g/mol. The molecule has 1 rings (SSSR count). The maximum Gasteiger partial charge on any atom is 0.410 e. The predicted molar refractivity (Wildman–Crippen MR) is 92.0 cm³/mol. The Kier molecular flexibility index (Phi) is 7.42. The second-order valence-corrected chi connectivity index (χ2v) is 6.55. The molecule has 0 aliphatic rings. The van der Waals surface area contributed by atoms with Crippen molar-refractivity contribution >= 4 is 17.8 Å². The van der Waals surface area contributed by atoms with Gasteiger partial charge in [0, 0.05) is 18.5 Å². The Hall–Kier alpha value is -2.57. The summed E-state index contributed by atoms with van der Waals surface area (Å²) in [6, 6.07) is 6.74. The molecule has 0 saturated heterocycles. The van der Waals surface area contributed by atoms with E-state index in [9.17, 15) is 14.4 Å². The highest BCUT2D eigenvalue weighted by molar-refractivity contribution is 5.96. The highest BCUT2D eigenvalue weighted by atomic mass is 16.6. The molecule has 0 radical (unpaired) electrons. The van der Waals surface area contributed by atoms with Crippen molar-refractivity contribution in [2.45, 2.75) is 39.2 Å². The lowest BCUT2D eigenvalue weighted by atomic mass is 10.1. The zero-order chi connectivity index (χ0) is 19.0. The highest BCUT2D eigenvalue weighted by Gasteiger charge is 2.23. The van der Waals surface area contributed by atoms with Gasteiger partial charge in [0.05, 0.1) is 7.11 Å². The molecule has 1 aromatic rings. The van der Waals surface area contributed by atoms with Gasteiger partial charge in [-0.1, -0.05) is 0 Å². The first-order valence-corrected chi connectivity index (χ1v) is 7.99. The number of amides is 1. The Balaban J connectivity index is 2.59. The van der Waals surface area contributed by atoms with E-state index in [1.807, 2.05) is 0 Å². The van der Waals surface area contributed by atoms with Gasteiger partial charge in [-0.15, -0.1) is 0 Å². The molecule has 0 aliphatic carbocycles. The third kappa shape index (κ3) is 7.69. The maximum absolute atomic E-state index is 12.2. The summed E-state index contributed by atoms with van der Waals surface area (Å²) in [6.07, 6.45) is -0.158. The number of benzene rings is 1. The number of hydrogen-bond acceptors (Lipinski definition) is 5. The van der Waals surface area contributed by atoms with Gasteiger partial charge in [-0.3, -0.25) is 14.5 Å². The zero-order valence-electron chi connectivity index (χ0n) is 15.1. The molecule has 0 atom stereocenters. The Bertz CT molecular complexity index is 603. The summed E-state index contributed by atoms with van der Waals surface area (Å²) in [4.78, 5) is 36.2. The lowest BCUT2D eigenvalue weighted by molar-refractivity contribution is -0.138. The molecule has 0 bridgehead atoms. The van der Waals surface area contributed by atoms with Crippen molar-refractivity contribution in [1.82, 2.24) is 4.90 Å². The summed E-state index contributed by atoms with van der Waals surface area (Å²) in [5, 5.41) is 8.94. The Morgan fingerprint density at radius 2 is 1.72 bits per heavy atom. The van der Waals surface area contributed by atoms with Gasteiger partial charge in [0.25, 0.3) is 0 Å². The molecule has 0 aromatic heterocycles. The quantitative estimate of drug-likeness (QED) is 0.724. The van der Waals surface area contributed by atoms with Crippen molar-refractivity contribution in [3.63, 3.8) is 0 Å². The van der Waals surface area contributed by atoms with E-state index < -0.39 is 24.2 Å². The molecule has 1 aromatic carbocycles. The average molecular weight is 351 g/mol. The Morgan fingerprint density at radius 3 is 2.20 bits per heavy atom. The maximum atomic E-state index is 12.2. The number of carboxylic acids is 1. The van der Waals surface area contributed by atoms with Gasteiger partial charge in [0.2, 0.25) is 0 Å². The van der Waals surface area contributed by atoms with Crippen LogP contribution in [0.15, 0.2) is 24.3 Å². The van der Waals surface area contributed by atoms with E-state index in [2.05, 4.69) is 0 Å². The number of carbonyl (C=O) groups excluding carboxylic acids is 2. The fourth-order valence-corrected chi connectivity index (χ4v) is 2.08. The number of Topliss-reactive ketones (excluding diaryl/α,β-unsaturated/α-hetero) is 1. The monoisotopic (exact) mass is 351 g/mol. The van der Waals surface area contributed by atoms with Crippen molar-refractivity contribution in [2.75, 3.05) is 20.2 Å². The summed E-state index contributed by atoms with van der Waals surface area (Å²) in [5.74, 6) is -0.552. The van der Waals surface area contributed by atoms with Crippen LogP contribution in [-0.2, 0) is 9.53 Å². The second kappa shape index (κ2) is 9.05. The summed E-state index contributed by atoms with van der Waals surface area (Å²) in [5.41, 5.74) is -0.171. The summed E-state index contributed by atoms with van der Waals surface area (Å²) in [6.45, 7) is 4.78. The van der Waals surface area contributed by atoms with E-state index in [1.54, 1.807) is 52.1 Å². The van der Waals surface area contributed by atoms with Gasteiger partial charge < -0.3 is 14.6 Å². The number of ether oxygens (including phenoxy) is 2. The second-order valence-electron chi connectivity index (χ2n) is 6.55. The summed E-state index contributed by atoms with van der Waals surface area (Å²) < 4.78 is 10.2. The Morgan fingerprint density at radius 1 is 1.12 bits per heavy atom. The van der Waals surface area contributed by atoms with E-state index in [0.29, 0.717) is 17.7 Å². The molecule has 138 valence electrons. The van der Waals surface area contributed by atoms with Gasteiger partial charge in [0.15, 0.2) is 5.78 Å². The fourth-order valence-electron chi connectivity index (χ4n) is 2.08. The smallest absolute Gasteiger partial charge is 0.410 e. The van der Waals surface area contributed by atoms with Crippen LogP contribution >= 0.6 is 0 Å². The first-order valence-electron chi connectivity index (χ1n) is 7.99. The molecule has 1 amide bonds. The lowest BCUT2D eigenvalue weighted by Crippen LogP contribution is -2.40. The fraction of sp³-hybridized carbons (Fsp3) is 0.500. The first-order chi connectivity index (χ1) is 11.6. The summed E-state index contributed by atoms with van der Waals surface area (Å²) in [7, 11) is 1.55. The van der Waals surface area contributed by atoms with Gasteiger partial charge in [0.1, 0.15) is 17.9 Å². The molecule has 0 saturated carbocycles. The van der Waals surface area contributed by atoms with E-state index in [-0.39, 0.29) is 18.7 Å². The average Bonchev–Trinajstić information content (AvgIpc) is 2.51. The normalized spacial score (nSPS) is 10.9. The summed E-state index contributed by atoms with van der Waals surface area (Å²) >= 11 is 0. The largest absolute Gasteiger partial charge is 0.497 e. The van der Waals surface area contributed by atoms with Crippen molar-refractivity contribution < 1.29 is 29.0 Å². The molecule has 0 heterocycles. The van der Waals surface area contributed by atoms with Crippen molar-refractivity contribution in [1.29, 1.82) is 0 Å². The third-order valence-corrected chi connectivity index (χ3v) is 3.22. The minimum Gasteiger partial charge on any atom is -0.497 e. The van der Waals surface area contributed by atoms with Crippen LogP contribution in [0.5, 0.6) is 5.75 Å². The van der Waals surface area contributed by atoms with Crippen LogP contribution in [0.3, 0.4) is 0 Å². The van der Waals surface area contributed by atoms with Crippen LogP contribution in [0.25, 0.3) is 0 Å². The topological polar surface area (TPSA) is 93.1 Å². The lowest BCUT2D eigenvalue weighted by Gasteiger charge is -2.26. The minimum atomic E-state index is -1.13. The molecule has 1 N–H and O–H groups in total. The standard InChI is InChI=1S/C18H25NO6/c1-18(2,3)25-17(23)19(12-16(21)22)11-5-6-15(20)13-7-9-14(24-4)10-8-13/h7-10H,5-6,11-12H2,1-4H3,(H,21,22).